The Morgan fingerprint density at radius 2 is 2.33 bits per heavy atom. The van der Waals surface area contributed by atoms with E-state index in [-0.39, 0.29) is 10.9 Å². The van der Waals surface area contributed by atoms with Gasteiger partial charge in [0.1, 0.15) is 6.04 Å². The maximum Gasteiger partial charge on any atom is 0.321 e. The monoisotopic (exact) mass is 228 g/mol. The Morgan fingerprint density at radius 1 is 1.53 bits per heavy atom. The van der Waals surface area contributed by atoms with Gasteiger partial charge in [0, 0.05) is 24.9 Å². The van der Waals surface area contributed by atoms with Crippen LogP contribution in [0.3, 0.4) is 0 Å². The number of aliphatic carboxylic acids is 1. The minimum absolute atomic E-state index is 0.0473. The van der Waals surface area contributed by atoms with E-state index in [2.05, 4.69) is 10.2 Å². The number of hydrogen-bond acceptors (Lipinski definition) is 4. The Morgan fingerprint density at radius 3 is 2.93 bits per heavy atom. The maximum atomic E-state index is 10.9. The van der Waals surface area contributed by atoms with Crippen LogP contribution < -0.4 is 5.32 Å². The van der Waals surface area contributed by atoms with Crippen LogP contribution in [0.15, 0.2) is 0 Å². The number of rotatable bonds is 2. The third-order valence-electron chi connectivity index (χ3n) is 3.59. The van der Waals surface area contributed by atoms with Gasteiger partial charge < -0.3 is 5.11 Å². The first-order valence-electron chi connectivity index (χ1n) is 5.57. The first-order valence-corrected chi connectivity index (χ1v) is 6.56. The second kappa shape index (κ2) is 3.37. The summed E-state index contributed by atoms with van der Waals surface area (Å²) in [7, 11) is 0. The van der Waals surface area contributed by atoms with E-state index in [4.69, 9.17) is 5.11 Å². The van der Waals surface area contributed by atoms with E-state index >= 15 is 0 Å². The predicted octanol–water partition coefficient (Wildman–Crippen LogP) is 0.340. The molecule has 1 saturated carbocycles. The summed E-state index contributed by atoms with van der Waals surface area (Å²) in [5, 5.41) is 12.3. The van der Waals surface area contributed by atoms with Crippen LogP contribution >= 0.6 is 11.8 Å². The van der Waals surface area contributed by atoms with Crippen molar-refractivity contribution in [1.29, 1.82) is 0 Å². The Hall–Kier alpha value is -0.260. The molecule has 1 aliphatic carbocycles. The standard InChI is InChI=1S/C10H16N2O2S/c13-9(14)8-5-15-10(11-8)3-4-12(6-10)7-1-2-7/h7-8,11H,1-6H2,(H,13,14)/t8-,10?/m0/s1. The smallest absolute Gasteiger partial charge is 0.321 e. The summed E-state index contributed by atoms with van der Waals surface area (Å²) < 4.78 is 0. The maximum absolute atomic E-state index is 10.9. The van der Waals surface area contributed by atoms with Gasteiger partial charge in [-0.25, -0.2) is 0 Å². The van der Waals surface area contributed by atoms with Gasteiger partial charge in [-0.3, -0.25) is 15.0 Å². The molecule has 0 aromatic heterocycles. The summed E-state index contributed by atoms with van der Waals surface area (Å²) >= 11 is 1.80. The second-order valence-electron chi connectivity index (χ2n) is 4.79. The summed E-state index contributed by atoms with van der Waals surface area (Å²) in [6.07, 6.45) is 3.77. The highest BCUT2D eigenvalue weighted by Gasteiger charge is 2.48. The van der Waals surface area contributed by atoms with Crippen molar-refractivity contribution in [2.75, 3.05) is 18.8 Å². The van der Waals surface area contributed by atoms with Crippen molar-refractivity contribution < 1.29 is 9.90 Å². The molecule has 2 saturated heterocycles. The fourth-order valence-electron chi connectivity index (χ4n) is 2.57. The minimum Gasteiger partial charge on any atom is -0.480 e. The average Bonchev–Trinajstić information content (AvgIpc) is 2.85. The Bertz CT molecular complexity index is 295. The van der Waals surface area contributed by atoms with Crippen molar-refractivity contribution in [3.63, 3.8) is 0 Å². The lowest BCUT2D eigenvalue weighted by Crippen LogP contribution is -2.46. The third kappa shape index (κ3) is 1.77. The molecule has 2 heterocycles. The van der Waals surface area contributed by atoms with Crippen molar-refractivity contribution in [3.05, 3.63) is 0 Å². The molecule has 2 atom stereocenters. The molecule has 2 aliphatic heterocycles. The number of nitrogens with zero attached hydrogens (tertiary/aromatic N) is 1. The van der Waals surface area contributed by atoms with Crippen molar-refractivity contribution in [2.45, 2.75) is 36.2 Å². The Balaban J connectivity index is 1.64. The molecule has 3 fully saturated rings. The lowest BCUT2D eigenvalue weighted by molar-refractivity contribution is -0.138. The molecule has 5 heteroatoms. The fourth-order valence-corrected chi connectivity index (χ4v) is 4.00. The predicted molar refractivity (Wildman–Crippen MR) is 59.0 cm³/mol. The van der Waals surface area contributed by atoms with Crippen molar-refractivity contribution in [1.82, 2.24) is 10.2 Å². The number of likely N-dealkylation sites (tertiary alicyclic amines) is 1. The molecule has 0 amide bonds. The van der Waals surface area contributed by atoms with E-state index in [0.29, 0.717) is 5.75 Å². The lowest BCUT2D eigenvalue weighted by Gasteiger charge is -2.24. The van der Waals surface area contributed by atoms with Gasteiger partial charge in [0.2, 0.25) is 0 Å². The van der Waals surface area contributed by atoms with Crippen LogP contribution in [0, 0.1) is 0 Å². The van der Waals surface area contributed by atoms with Crippen LogP contribution in [0.5, 0.6) is 0 Å². The number of carboxylic acid groups (broad SMARTS) is 1. The zero-order chi connectivity index (χ0) is 10.5. The highest BCUT2D eigenvalue weighted by molar-refractivity contribution is 8.01. The van der Waals surface area contributed by atoms with Crippen LogP contribution in [-0.2, 0) is 4.79 Å². The molecular formula is C10H16N2O2S. The number of hydrogen-bond donors (Lipinski definition) is 2. The Labute approximate surface area is 93.4 Å². The molecule has 0 aromatic rings. The summed E-state index contributed by atoms with van der Waals surface area (Å²) in [5.74, 6) is 0.0117. The zero-order valence-electron chi connectivity index (χ0n) is 8.61. The quantitative estimate of drug-likeness (QED) is 0.714. The minimum atomic E-state index is -0.704. The molecule has 1 unspecified atom stereocenters. The van der Waals surface area contributed by atoms with Crippen LogP contribution in [0.25, 0.3) is 0 Å². The molecule has 0 aromatic carbocycles. The van der Waals surface area contributed by atoms with Gasteiger partial charge in [0.05, 0.1) is 4.87 Å². The topological polar surface area (TPSA) is 52.6 Å². The molecule has 84 valence electrons. The Kier molecular flexibility index (Phi) is 2.23. The van der Waals surface area contributed by atoms with E-state index in [9.17, 15) is 4.79 Å². The first kappa shape index (κ1) is 9.93. The first-order chi connectivity index (χ1) is 7.19. The van der Waals surface area contributed by atoms with E-state index in [1.807, 2.05) is 0 Å². The molecule has 1 spiro atoms. The number of carbonyl (C=O) groups is 1. The lowest BCUT2D eigenvalue weighted by atomic mass is 10.2. The molecule has 3 aliphatic rings. The van der Waals surface area contributed by atoms with Crippen LogP contribution in [-0.4, -0.2) is 51.8 Å². The van der Waals surface area contributed by atoms with Crippen LogP contribution in [0.4, 0.5) is 0 Å². The van der Waals surface area contributed by atoms with Gasteiger partial charge in [-0.2, -0.15) is 0 Å². The summed E-state index contributed by atoms with van der Waals surface area (Å²) in [5.41, 5.74) is 0. The van der Waals surface area contributed by atoms with Crippen molar-refractivity contribution >= 4 is 17.7 Å². The SMILES string of the molecule is O=C(O)[C@@H]1CSC2(CCN(C3CC3)C2)N1. The van der Waals surface area contributed by atoms with Gasteiger partial charge >= 0.3 is 5.97 Å². The number of nitrogens with one attached hydrogen (secondary N) is 1. The van der Waals surface area contributed by atoms with E-state index < -0.39 is 5.97 Å². The van der Waals surface area contributed by atoms with Crippen molar-refractivity contribution in [2.24, 2.45) is 0 Å². The number of carboxylic acids is 1. The third-order valence-corrected chi connectivity index (χ3v) is 5.09. The zero-order valence-corrected chi connectivity index (χ0v) is 9.42. The van der Waals surface area contributed by atoms with Gasteiger partial charge in [0.25, 0.3) is 0 Å². The van der Waals surface area contributed by atoms with Crippen LogP contribution in [0.2, 0.25) is 0 Å². The second-order valence-corrected chi connectivity index (χ2v) is 6.20. The molecular weight excluding hydrogens is 212 g/mol. The van der Waals surface area contributed by atoms with Gasteiger partial charge in [-0.15, -0.1) is 11.8 Å². The summed E-state index contributed by atoms with van der Waals surface area (Å²) in [6.45, 7) is 2.17. The molecule has 4 nitrogen and oxygen atoms in total. The summed E-state index contributed by atoms with van der Waals surface area (Å²) in [4.78, 5) is 13.4. The molecule has 2 N–H and O–H groups in total. The van der Waals surface area contributed by atoms with Gasteiger partial charge in [-0.1, -0.05) is 0 Å². The molecule has 3 rings (SSSR count). The van der Waals surface area contributed by atoms with Gasteiger partial charge in [0.15, 0.2) is 0 Å². The van der Waals surface area contributed by atoms with E-state index in [0.717, 1.165) is 25.6 Å². The highest BCUT2D eigenvalue weighted by atomic mass is 32.2. The normalized spacial score (nSPS) is 41.5. The molecule has 0 radical (unpaired) electrons. The molecule has 0 bridgehead atoms. The van der Waals surface area contributed by atoms with Gasteiger partial charge in [-0.05, 0) is 19.3 Å². The number of thioether (sulfide) groups is 1. The van der Waals surface area contributed by atoms with E-state index in [1.54, 1.807) is 11.8 Å². The molecule has 15 heavy (non-hydrogen) atoms. The summed E-state index contributed by atoms with van der Waals surface area (Å²) in [6, 6.07) is 0.463. The largest absolute Gasteiger partial charge is 0.480 e. The van der Waals surface area contributed by atoms with Crippen molar-refractivity contribution in [3.8, 4) is 0 Å². The fraction of sp³-hybridized carbons (Fsp3) is 0.900. The highest BCUT2D eigenvalue weighted by Crippen LogP contribution is 2.42. The van der Waals surface area contributed by atoms with E-state index in [1.165, 1.54) is 12.8 Å². The average molecular weight is 228 g/mol. The van der Waals surface area contributed by atoms with Crippen LogP contribution in [0.1, 0.15) is 19.3 Å².